The van der Waals surface area contributed by atoms with Crippen LogP contribution in [0.15, 0.2) is 39.5 Å². The smallest absolute Gasteiger partial charge is 0.234 e. The van der Waals surface area contributed by atoms with Crippen molar-refractivity contribution in [3.63, 3.8) is 0 Å². The van der Waals surface area contributed by atoms with Crippen molar-refractivity contribution in [3.05, 3.63) is 34.5 Å². The number of fused-ring (bicyclic) bond motifs is 1. The van der Waals surface area contributed by atoms with E-state index in [0.717, 1.165) is 29.1 Å². The molecule has 1 saturated heterocycles. The summed E-state index contributed by atoms with van der Waals surface area (Å²) >= 11 is 1.56. The highest BCUT2D eigenvalue weighted by Gasteiger charge is 2.17. The van der Waals surface area contributed by atoms with Crippen LogP contribution in [-0.2, 0) is 4.79 Å². The predicted molar refractivity (Wildman–Crippen MR) is 63.6 cm³/mol. The highest BCUT2D eigenvalue weighted by Crippen LogP contribution is 2.29. The van der Waals surface area contributed by atoms with Gasteiger partial charge in [-0.05, 0) is 31.7 Å². The van der Waals surface area contributed by atoms with Crippen LogP contribution in [0.4, 0.5) is 0 Å². The number of thioether (sulfide) groups is 1. The van der Waals surface area contributed by atoms with E-state index in [1.165, 1.54) is 0 Å². The zero-order chi connectivity index (χ0) is 10.7. The lowest BCUT2D eigenvalue weighted by molar-refractivity contribution is -0.117. The average molecular weight is 220 g/mol. The van der Waals surface area contributed by atoms with Crippen LogP contribution >= 0.6 is 11.8 Å². The maximum absolute atomic E-state index is 11.2. The molecule has 0 aromatic heterocycles. The molecule has 1 aliphatic heterocycles. The Morgan fingerprint density at radius 1 is 1.47 bits per heavy atom. The summed E-state index contributed by atoms with van der Waals surface area (Å²) in [6.07, 6.45) is 7.78. The van der Waals surface area contributed by atoms with Crippen LogP contribution in [0.1, 0.15) is 12.8 Å². The van der Waals surface area contributed by atoms with Crippen LogP contribution in [0.25, 0.3) is 0 Å². The van der Waals surface area contributed by atoms with Crippen molar-refractivity contribution in [3.8, 4) is 0 Å². The minimum absolute atomic E-state index is 0.0787. The number of aliphatic imine (C=N–C) groups is 1. The molecule has 15 heavy (non-hydrogen) atoms. The quantitative estimate of drug-likeness (QED) is 0.687. The Bertz CT molecular complexity index is 393. The van der Waals surface area contributed by atoms with E-state index in [2.05, 4.69) is 17.0 Å². The monoisotopic (exact) mass is 220 g/mol. The maximum Gasteiger partial charge on any atom is 0.234 e. The molecular formula is C11H12N2OS. The molecule has 1 aliphatic carbocycles. The van der Waals surface area contributed by atoms with Gasteiger partial charge < -0.3 is 5.32 Å². The van der Waals surface area contributed by atoms with Crippen molar-refractivity contribution in [1.82, 2.24) is 5.32 Å². The summed E-state index contributed by atoms with van der Waals surface area (Å²) in [4.78, 5) is 16.2. The van der Waals surface area contributed by atoms with Crippen LogP contribution in [0.5, 0.6) is 0 Å². The van der Waals surface area contributed by atoms with Gasteiger partial charge in [0.2, 0.25) is 5.91 Å². The molecule has 0 aromatic carbocycles. The summed E-state index contributed by atoms with van der Waals surface area (Å²) in [6.45, 7) is 3.53. The lowest BCUT2D eigenvalue weighted by Gasteiger charge is -2.19. The molecule has 3 nitrogen and oxygen atoms in total. The fourth-order valence-electron chi connectivity index (χ4n) is 1.51. The molecule has 4 heteroatoms. The lowest BCUT2D eigenvalue weighted by Crippen LogP contribution is -2.29. The molecule has 0 atom stereocenters. The Morgan fingerprint density at radius 3 is 3.13 bits per heavy atom. The Kier molecular flexibility index (Phi) is 3.06. The standard InChI is InChI=1S/C11H12N2OS/c1-12-8-3-2-4-9-10(6-5-8)15-7-11(14)13-9/h4-6H,1-3,7H2,(H,13,14). The molecule has 1 heterocycles. The lowest BCUT2D eigenvalue weighted by atomic mass is 10.1. The van der Waals surface area contributed by atoms with Gasteiger partial charge in [-0.15, -0.1) is 11.8 Å². The average Bonchev–Trinajstić information content (AvgIpc) is 2.21. The van der Waals surface area contributed by atoms with E-state index in [4.69, 9.17) is 0 Å². The van der Waals surface area contributed by atoms with E-state index >= 15 is 0 Å². The first-order valence-electron chi connectivity index (χ1n) is 4.80. The van der Waals surface area contributed by atoms with Crippen molar-refractivity contribution < 1.29 is 4.79 Å². The number of carbonyl (C=O) groups is 1. The molecular weight excluding hydrogens is 208 g/mol. The molecule has 0 aromatic rings. The van der Waals surface area contributed by atoms with E-state index < -0.39 is 0 Å². The van der Waals surface area contributed by atoms with E-state index in [1.54, 1.807) is 11.8 Å². The van der Waals surface area contributed by atoms with Gasteiger partial charge in [0.25, 0.3) is 0 Å². The number of nitrogens with zero attached hydrogens (tertiary/aromatic N) is 1. The van der Waals surface area contributed by atoms with Crippen LogP contribution < -0.4 is 5.32 Å². The topological polar surface area (TPSA) is 41.5 Å². The van der Waals surface area contributed by atoms with Crippen molar-refractivity contribution in [2.24, 2.45) is 4.99 Å². The Labute approximate surface area is 93.0 Å². The first kappa shape index (κ1) is 10.2. The molecule has 0 radical (unpaired) electrons. The minimum Gasteiger partial charge on any atom is -0.325 e. The molecule has 1 N–H and O–H groups in total. The van der Waals surface area contributed by atoms with Crippen molar-refractivity contribution in [2.75, 3.05) is 5.75 Å². The third kappa shape index (κ3) is 2.39. The van der Waals surface area contributed by atoms with Gasteiger partial charge in [0.1, 0.15) is 0 Å². The molecule has 78 valence electrons. The van der Waals surface area contributed by atoms with Gasteiger partial charge in [0, 0.05) is 10.6 Å². The molecule has 2 aliphatic rings. The molecule has 1 amide bonds. The SMILES string of the molecule is C=NC1=CC=C2SCC(=O)NC2=CCC1. The van der Waals surface area contributed by atoms with E-state index in [0.29, 0.717) is 5.75 Å². The molecule has 2 rings (SSSR count). The highest BCUT2D eigenvalue weighted by atomic mass is 32.2. The Morgan fingerprint density at radius 2 is 2.33 bits per heavy atom. The summed E-state index contributed by atoms with van der Waals surface area (Å²) in [5.74, 6) is 0.573. The summed E-state index contributed by atoms with van der Waals surface area (Å²) in [7, 11) is 0. The van der Waals surface area contributed by atoms with E-state index in [-0.39, 0.29) is 5.91 Å². The number of amides is 1. The third-order valence-corrected chi connectivity index (χ3v) is 3.35. The number of carbonyl (C=O) groups excluding carboxylic acids is 1. The Hall–Kier alpha value is -1.29. The number of rotatable bonds is 1. The van der Waals surface area contributed by atoms with Gasteiger partial charge in [-0.1, -0.05) is 6.08 Å². The molecule has 0 bridgehead atoms. The minimum atomic E-state index is 0.0787. The largest absolute Gasteiger partial charge is 0.325 e. The van der Waals surface area contributed by atoms with Gasteiger partial charge >= 0.3 is 0 Å². The fourth-order valence-corrected chi connectivity index (χ4v) is 2.32. The van der Waals surface area contributed by atoms with Gasteiger partial charge in [-0.2, -0.15) is 0 Å². The third-order valence-electron chi connectivity index (χ3n) is 2.28. The van der Waals surface area contributed by atoms with Gasteiger partial charge in [0.15, 0.2) is 0 Å². The molecule has 0 unspecified atom stereocenters. The van der Waals surface area contributed by atoms with Gasteiger partial charge in [-0.25, -0.2) is 0 Å². The van der Waals surface area contributed by atoms with Crippen molar-refractivity contribution in [2.45, 2.75) is 12.8 Å². The first-order chi connectivity index (χ1) is 7.29. The van der Waals surface area contributed by atoms with E-state index in [1.807, 2.05) is 18.2 Å². The van der Waals surface area contributed by atoms with Crippen molar-refractivity contribution in [1.29, 1.82) is 0 Å². The second-order valence-corrected chi connectivity index (χ2v) is 4.36. The van der Waals surface area contributed by atoms with Crippen LogP contribution in [0.2, 0.25) is 0 Å². The number of hydrogen-bond acceptors (Lipinski definition) is 3. The van der Waals surface area contributed by atoms with E-state index in [9.17, 15) is 4.79 Å². The van der Waals surface area contributed by atoms with Crippen LogP contribution in [0.3, 0.4) is 0 Å². The number of nitrogens with one attached hydrogen (secondary N) is 1. The van der Waals surface area contributed by atoms with Gasteiger partial charge in [0.05, 0.1) is 11.4 Å². The molecule has 0 spiro atoms. The normalized spacial score (nSPS) is 21.1. The molecule has 0 saturated carbocycles. The fraction of sp³-hybridized carbons (Fsp3) is 0.273. The second kappa shape index (κ2) is 4.49. The van der Waals surface area contributed by atoms with Crippen LogP contribution in [0, 0.1) is 0 Å². The number of hydrogen-bond donors (Lipinski definition) is 1. The van der Waals surface area contributed by atoms with Gasteiger partial charge in [-0.3, -0.25) is 9.79 Å². The zero-order valence-corrected chi connectivity index (χ0v) is 9.14. The van der Waals surface area contributed by atoms with Crippen molar-refractivity contribution >= 4 is 24.4 Å². The zero-order valence-electron chi connectivity index (χ0n) is 8.32. The van der Waals surface area contributed by atoms with Crippen LogP contribution in [-0.4, -0.2) is 18.4 Å². The first-order valence-corrected chi connectivity index (χ1v) is 5.79. The second-order valence-electron chi connectivity index (χ2n) is 3.34. The maximum atomic E-state index is 11.2. The summed E-state index contributed by atoms with van der Waals surface area (Å²) in [5, 5.41) is 2.88. The summed E-state index contributed by atoms with van der Waals surface area (Å²) in [6, 6.07) is 0. The number of allylic oxidation sites excluding steroid dienone is 4. The Balaban J connectivity index is 2.27. The summed E-state index contributed by atoms with van der Waals surface area (Å²) < 4.78 is 0. The molecule has 1 fully saturated rings. The summed E-state index contributed by atoms with van der Waals surface area (Å²) in [5.41, 5.74) is 1.94. The predicted octanol–water partition coefficient (Wildman–Crippen LogP) is 2.00. The highest BCUT2D eigenvalue weighted by molar-refractivity contribution is 8.04.